The molecule has 7 heteroatoms. The van der Waals surface area contributed by atoms with Crippen LogP contribution in [0.4, 0.5) is 0 Å². The van der Waals surface area contributed by atoms with Crippen LogP contribution in [0.2, 0.25) is 5.02 Å². The number of thiophene rings is 1. The van der Waals surface area contributed by atoms with Crippen molar-refractivity contribution in [1.82, 2.24) is 15.2 Å². The predicted octanol–water partition coefficient (Wildman–Crippen LogP) is 4.15. The monoisotopic (exact) mass is 427 g/mol. The van der Waals surface area contributed by atoms with Gasteiger partial charge in [-0.25, -0.2) is 4.98 Å². The molecule has 1 aliphatic rings. The Labute approximate surface area is 179 Å². The third-order valence-electron chi connectivity index (χ3n) is 4.91. The highest BCUT2D eigenvalue weighted by Gasteiger charge is 2.23. The smallest absolute Gasteiger partial charge is 0.244 e. The van der Waals surface area contributed by atoms with Gasteiger partial charge in [0.25, 0.3) is 0 Å². The maximum absolute atomic E-state index is 12.4. The lowest BCUT2D eigenvalue weighted by Crippen LogP contribution is -2.43. The first kappa shape index (κ1) is 20.0. The lowest BCUT2D eigenvalue weighted by atomic mass is 10.2. The normalized spacial score (nSPS) is 16.3. The summed E-state index contributed by atoms with van der Waals surface area (Å²) in [5, 5.41) is 6.77. The molecule has 1 fully saturated rings. The summed E-state index contributed by atoms with van der Waals surface area (Å²) in [6.07, 6.45) is 3.26. The van der Waals surface area contributed by atoms with E-state index in [9.17, 15) is 4.79 Å². The van der Waals surface area contributed by atoms with E-state index in [1.807, 2.05) is 36.4 Å². The van der Waals surface area contributed by atoms with E-state index >= 15 is 0 Å². The van der Waals surface area contributed by atoms with E-state index in [0.717, 1.165) is 42.9 Å². The molecule has 5 nitrogen and oxygen atoms in total. The van der Waals surface area contributed by atoms with Crippen LogP contribution in [-0.2, 0) is 9.53 Å². The Bertz CT molecular complexity index is 1000. The van der Waals surface area contributed by atoms with E-state index in [4.69, 9.17) is 16.3 Å². The summed E-state index contributed by atoms with van der Waals surface area (Å²) in [5.74, 6) is -0.132. The zero-order chi connectivity index (χ0) is 20.1. The molecule has 0 aliphatic carbocycles. The Kier molecular flexibility index (Phi) is 6.56. The topological polar surface area (TPSA) is 54.5 Å². The summed E-state index contributed by atoms with van der Waals surface area (Å²) in [4.78, 5) is 20.6. The van der Waals surface area contributed by atoms with Gasteiger partial charge < -0.3 is 10.1 Å². The zero-order valence-corrected chi connectivity index (χ0v) is 17.5. The summed E-state index contributed by atoms with van der Waals surface area (Å²) >= 11 is 7.76. The average Bonchev–Trinajstić information content (AvgIpc) is 3.27. The quantitative estimate of drug-likeness (QED) is 0.600. The Morgan fingerprint density at radius 1 is 1.28 bits per heavy atom. The van der Waals surface area contributed by atoms with Gasteiger partial charge in [0.15, 0.2) is 0 Å². The molecule has 1 aliphatic heterocycles. The van der Waals surface area contributed by atoms with Crippen LogP contribution in [0.25, 0.3) is 17.0 Å². The fraction of sp³-hybridized carbons (Fsp3) is 0.273. The molecule has 0 spiro atoms. The van der Waals surface area contributed by atoms with Crippen molar-refractivity contribution in [2.45, 2.75) is 6.04 Å². The van der Waals surface area contributed by atoms with Gasteiger partial charge in [-0.3, -0.25) is 9.69 Å². The minimum absolute atomic E-state index is 0.132. The van der Waals surface area contributed by atoms with Gasteiger partial charge in [0.05, 0.1) is 30.5 Å². The molecule has 1 aromatic carbocycles. The Balaban J connectivity index is 1.40. The summed E-state index contributed by atoms with van der Waals surface area (Å²) in [5.41, 5.74) is 1.53. The molecular formula is C22H22ClN3O2S. The molecule has 3 aromatic rings. The van der Waals surface area contributed by atoms with Crippen molar-refractivity contribution < 1.29 is 9.53 Å². The first-order valence-corrected chi connectivity index (χ1v) is 10.8. The second kappa shape index (κ2) is 9.50. The van der Waals surface area contributed by atoms with E-state index in [2.05, 4.69) is 26.6 Å². The maximum atomic E-state index is 12.4. The number of nitrogens with zero attached hydrogens (tertiary/aromatic N) is 2. The lowest BCUT2D eigenvalue weighted by molar-refractivity contribution is -0.116. The van der Waals surface area contributed by atoms with Gasteiger partial charge in [0.2, 0.25) is 5.91 Å². The van der Waals surface area contributed by atoms with Gasteiger partial charge in [0.1, 0.15) is 0 Å². The van der Waals surface area contributed by atoms with Crippen molar-refractivity contribution >= 4 is 45.8 Å². The van der Waals surface area contributed by atoms with Gasteiger partial charge >= 0.3 is 0 Å². The van der Waals surface area contributed by atoms with Crippen molar-refractivity contribution in [2.24, 2.45) is 0 Å². The van der Waals surface area contributed by atoms with Crippen LogP contribution in [-0.4, -0.2) is 48.6 Å². The number of amides is 1. The van der Waals surface area contributed by atoms with Crippen LogP contribution < -0.4 is 5.32 Å². The molecule has 0 saturated carbocycles. The standard InChI is InChI=1S/C22H22ClN3O2S/c23-17-5-3-16-4-6-18(25-19(16)14-17)7-8-22(27)24-15-20(21-2-1-13-29-21)26-9-11-28-12-10-26/h1-8,13-14,20H,9-12,15H2,(H,24,27). The predicted molar refractivity (Wildman–Crippen MR) is 118 cm³/mol. The summed E-state index contributed by atoms with van der Waals surface area (Å²) in [7, 11) is 0. The van der Waals surface area contributed by atoms with Crippen LogP contribution >= 0.6 is 22.9 Å². The Morgan fingerprint density at radius 3 is 2.90 bits per heavy atom. The number of benzene rings is 1. The van der Waals surface area contributed by atoms with Crippen molar-refractivity contribution in [3.05, 3.63) is 69.5 Å². The zero-order valence-electron chi connectivity index (χ0n) is 15.9. The van der Waals surface area contributed by atoms with E-state index in [1.165, 1.54) is 11.0 Å². The average molecular weight is 428 g/mol. The third-order valence-corrected chi connectivity index (χ3v) is 6.12. The highest BCUT2D eigenvalue weighted by Crippen LogP contribution is 2.25. The van der Waals surface area contributed by atoms with Gasteiger partial charge in [-0.15, -0.1) is 11.3 Å². The SMILES string of the molecule is O=C(C=Cc1ccc2ccc(Cl)cc2n1)NCC(c1cccs1)N1CCOCC1. The number of hydrogen-bond acceptors (Lipinski definition) is 5. The number of aromatic nitrogens is 1. The molecule has 0 bridgehead atoms. The molecule has 1 unspecified atom stereocenters. The first-order valence-electron chi connectivity index (χ1n) is 9.56. The number of pyridine rings is 1. The second-order valence-electron chi connectivity index (χ2n) is 6.83. The van der Waals surface area contributed by atoms with Crippen LogP contribution in [0, 0.1) is 0 Å². The molecule has 4 rings (SSSR count). The largest absolute Gasteiger partial charge is 0.379 e. The maximum Gasteiger partial charge on any atom is 0.244 e. The lowest BCUT2D eigenvalue weighted by Gasteiger charge is -2.34. The molecule has 2 aromatic heterocycles. The summed E-state index contributed by atoms with van der Waals surface area (Å²) in [6, 6.07) is 13.8. The Hall–Kier alpha value is -2.25. The summed E-state index contributed by atoms with van der Waals surface area (Å²) in [6.45, 7) is 3.76. The van der Waals surface area contributed by atoms with Gasteiger partial charge in [0, 0.05) is 41.0 Å². The fourth-order valence-corrected chi connectivity index (χ4v) is 4.42. The van der Waals surface area contributed by atoms with Crippen molar-refractivity contribution in [3.8, 4) is 0 Å². The van der Waals surface area contributed by atoms with Crippen LogP contribution in [0.1, 0.15) is 16.6 Å². The van der Waals surface area contributed by atoms with Crippen molar-refractivity contribution in [2.75, 3.05) is 32.8 Å². The molecule has 1 saturated heterocycles. The molecule has 150 valence electrons. The minimum Gasteiger partial charge on any atom is -0.379 e. The van der Waals surface area contributed by atoms with E-state index < -0.39 is 0 Å². The van der Waals surface area contributed by atoms with E-state index in [-0.39, 0.29) is 11.9 Å². The first-order chi connectivity index (χ1) is 14.2. The highest BCUT2D eigenvalue weighted by molar-refractivity contribution is 7.10. The second-order valence-corrected chi connectivity index (χ2v) is 8.25. The van der Waals surface area contributed by atoms with Crippen molar-refractivity contribution in [3.63, 3.8) is 0 Å². The molecule has 1 amide bonds. The number of morpholine rings is 1. The molecule has 1 N–H and O–H groups in total. The number of ether oxygens (including phenoxy) is 1. The molecule has 29 heavy (non-hydrogen) atoms. The van der Waals surface area contributed by atoms with Crippen LogP contribution in [0.15, 0.2) is 53.9 Å². The molecule has 0 radical (unpaired) electrons. The van der Waals surface area contributed by atoms with Crippen LogP contribution in [0.3, 0.4) is 0 Å². The number of halogens is 1. The Morgan fingerprint density at radius 2 is 2.10 bits per heavy atom. The van der Waals surface area contributed by atoms with Gasteiger partial charge in [-0.2, -0.15) is 0 Å². The van der Waals surface area contributed by atoms with Gasteiger partial charge in [-0.1, -0.05) is 29.8 Å². The molecule has 3 heterocycles. The number of rotatable bonds is 6. The molecular weight excluding hydrogens is 406 g/mol. The third kappa shape index (κ3) is 5.22. The minimum atomic E-state index is -0.132. The summed E-state index contributed by atoms with van der Waals surface area (Å²) < 4.78 is 5.47. The van der Waals surface area contributed by atoms with Crippen molar-refractivity contribution in [1.29, 1.82) is 0 Å². The van der Waals surface area contributed by atoms with E-state index in [0.29, 0.717) is 11.6 Å². The number of hydrogen-bond donors (Lipinski definition) is 1. The number of carbonyl (C=O) groups is 1. The number of fused-ring (bicyclic) bond motifs is 1. The highest BCUT2D eigenvalue weighted by atomic mass is 35.5. The van der Waals surface area contributed by atoms with Gasteiger partial charge in [-0.05, 0) is 35.7 Å². The number of carbonyl (C=O) groups excluding carboxylic acids is 1. The van der Waals surface area contributed by atoms with E-state index in [1.54, 1.807) is 17.4 Å². The fourth-order valence-electron chi connectivity index (χ4n) is 3.40. The molecule has 1 atom stereocenters. The van der Waals surface area contributed by atoms with Crippen LogP contribution in [0.5, 0.6) is 0 Å². The number of nitrogens with one attached hydrogen (secondary N) is 1.